The van der Waals surface area contributed by atoms with Gasteiger partial charge in [-0.3, -0.25) is 4.79 Å². The van der Waals surface area contributed by atoms with E-state index in [0.717, 1.165) is 28.3 Å². The van der Waals surface area contributed by atoms with E-state index >= 15 is 0 Å². The SMILES string of the molecule is COC(=O)C1=C(C)NC2=C(C(=O)C[C@H](c3cccs3)C2)[C@H]1c1cccs1. The zero-order valence-corrected chi connectivity index (χ0v) is 16.2. The maximum Gasteiger partial charge on any atom is 0.336 e. The third kappa shape index (κ3) is 2.83. The molecule has 0 unspecified atom stereocenters. The second-order valence-electron chi connectivity index (χ2n) is 6.54. The molecule has 0 amide bonds. The number of esters is 1. The van der Waals surface area contributed by atoms with E-state index in [-0.39, 0.29) is 23.6 Å². The summed E-state index contributed by atoms with van der Waals surface area (Å²) in [5.74, 6) is -0.404. The van der Waals surface area contributed by atoms with E-state index in [2.05, 4.69) is 11.4 Å². The van der Waals surface area contributed by atoms with Crippen LogP contribution in [0.2, 0.25) is 0 Å². The Morgan fingerprint density at radius 3 is 2.46 bits per heavy atom. The molecule has 2 aliphatic rings. The predicted molar refractivity (Wildman–Crippen MR) is 103 cm³/mol. The van der Waals surface area contributed by atoms with Crippen molar-refractivity contribution >= 4 is 34.4 Å². The molecule has 0 saturated heterocycles. The van der Waals surface area contributed by atoms with Crippen LogP contribution in [0, 0.1) is 0 Å². The van der Waals surface area contributed by atoms with Crippen LogP contribution in [-0.4, -0.2) is 18.9 Å². The third-order valence-electron chi connectivity index (χ3n) is 5.01. The van der Waals surface area contributed by atoms with Crippen molar-refractivity contribution in [1.82, 2.24) is 5.32 Å². The first-order valence-electron chi connectivity index (χ1n) is 8.49. The lowest BCUT2D eigenvalue weighted by molar-refractivity contribution is -0.136. The molecule has 0 radical (unpaired) electrons. The van der Waals surface area contributed by atoms with Crippen molar-refractivity contribution in [2.45, 2.75) is 31.6 Å². The Kier molecular flexibility index (Phi) is 4.54. The highest BCUT2D eigenvalue weighted by Crippen LogP contribution is 2.47. The molecule has 6 heteroatoms. The van der Waals surface area contributed by atoms with Crippen molar-refractivity contribution in [3.63, 3.8) is 0 Å². The highest BCUT2D eigenvalue weighted by atomic mass is 32.1. The van der Waals surface area contributed by atoms with E-state index in [1.807, 2.05) is 35.9 Å². The zero-order chi connectivity index (χ0) is 18.3. The number of rotatable bonds is 3. The van der Waals surface area contributed by atoms with E-state index in [1.54, 1.807) is 22.7 Å². The molecule has 0 saturated carbocycles. The summed E-state index contributed by atoms with van der Waals surface area (Å²) in [5, 5.41) is 7.37. The van der Waals surface area contributed by atoms with Crippen LogP contribution in [-0.2, 0) is 14.3 Å². The average Bonchev–Trinajstić information content (AvgIpc) is 3.33. The Labute approximate surface area is 160 Å². The molecule has 0 fully saturated rings. The van der Waals surface area contributed by atoms with Gasteiger partial charge in [0.05, 0.1) is 18.6 Å². The van der Waals surface area contributed by atoms with Gasteiger partial charge in [-0.25, -0.2) is 4.79 Å². The van der Waals surface area contributed by atoms with Crippen LogP contribution in [0.1, 0.15) is 41.4 Å². The fraction of sp³-hybridized carbons (Fsp3) is 0.300. The summed E-state index contributed by atoms with van der Waals surface area (Å²) in [7, 11) is 1.38. The molecule has 0 bridgehead atoms. The molecule has 3 heterocycles. The van der Waals surface area contributed by atoms with Crippen LogP contribution in [0.3, 0.4) is 0 Å². The van der Waals surface area contributed by atoms with Gasteiger partial charge in [-0.2, -0.15) is 0 Å². The Morgan fingerprint density at radius 2 is 1.85 bits per heavy atom. The van der Waals surface area contributed by atoms with Gasteiger partial charge >= 0.3 is 5.97 Å². The average molecular weight is 386 g/mol. The van der Waals surface area contributed by atoms with E-state index in [4.69, 9.17) is 4.74 Å². The summed E-state index contributed by atoms with van der Waals surface area (Å²) >= 11 is 3.26. The topological polar surface area (TPSA) is 55.4 Å². The van der Waals surface area contributed by atoms with Gasteiger partial charge in [0.1, 0.15) is 0 Å². The number of dihydropyridines is 1. The quantitative estimate of drug-likeness (QED) is 0.799. The molecular formula is C20H19NO3S2. The lowest BCUT2D eigenvalue weighted by atomic mass is 9.74. The number of carbonyl (C=O) groups is 2. The van der Waals surface area contributed by atoms with Gasteiger partial charge in [-0.15, -0.1) is 22.7 Å². The molecule has 2 aromatic rings. The summed E-state index contributed by atoms with van der Waals surface area (Å²) in [4.78, 5) is 27.8. The summed E-state index contributed by atoms with van der Waals surface area (Å²) in [6, 6.07) is 8.06. The van der Waals surface area contributed by atoms with Gasteiger partial charge in [0.25, 0.3) is 0 Å². The van der Waals surface area contributed by atoms with E-state index in [9.17, 15) is 9.59 Å². The lowest BCUT2D eigenvalue weighted by Crippen LogP contribution is -2.35. The number of ketones is 1. The number of hydrogen-bond donors (Lipinski definition) is 1. The van der Waals surface area contributed by atoms with Gasteiger partial charge in [0.15, 0.2) is 5.78 Å². The maximum atomic E-state index is 13.1. The van der Waals surface area contributed by atoms with Gasteiger partial charge in [-0.05, 0) is 36.2 Å². The summed E-state index contributed by atoms with van der Waals surface area (Å²) in [6.45, 7) is 1.88. The van der Waals surface area contributed by atoms with Crippen LogP contribution in [0.15, 0.2) is 57.6 Å². The number of thiophene rings is 2. The van der Waals surface area contributed by atoms with Gasteiger partial charge < -0.3 is 10.1 Å². The number of ether oxygens (including phenoxy) is 1. The van der Waals surface area contributed by atoms with Crippen molar-refractivity contribution in [2.24, 2.45) is 0 Å². The third-order valence-corrected chi connectivity index (χ3v) is 6.98. The molecule has 0 spiro atoms. The number of nitrogens with one attached hydrogen (secondary N) is 1. The molecule has 1 aliphatic carbocycles. The monoisotopic (exact) mass is 385 g/mol. The van der Waals surface area contributed by atoms with E-state index in [0.29, 0.717) is 12.0 Å². The first kappa shape index (κ1) is 17.2. The normalized spacial score (nSPS) is 22.9. The Morgan fingerprint density at radius 1 is 1.15 bits per heavy atom. The number of methoxy groups -OCH3 is 1. The van der Waals surface area contributed by atoms with Crippen LogP contribution in [0.25, 0.3) is 0 Å². The van der Waals surface area contributed by atoms with Gasteiger partial charge in [-0.1, -0.05) is 12.1 Å². The van der Waals surface area contributed by atoms with Crippen LogP contribution in [0.4, 0.5) is 0 Å². The minimum absolute atomic E-state index is 0.115. The Bertz CT molecular complexity index is 907. The minimum Gasteiger partial charge on any atom is -0.466 e. The number of hydrogen-bond acceptors (Lipinski definition) is 6. The lowest BCUT2D eigenvalue weighted by Gasteiger charge is -2.35. The predicted octanol–water partition coefficient (Wildman–Crippen LogP) is 4.34. The molecule has 2 atom stereocenters. The largest absolute Gasteiger partial charge is 0.466 e. The van der Waals surface area contributed by atoms with Crippen molar-refractivity contribution in [2.75, 3.05) is 7.11 Å². The van der Waals surface area contributed by atoms with Crippen molar-refractivity contribution < 1.29 is 14.3 Å². The van der Waals surface area contributed by atoms with Crippen molar-refractivity contribution in [1.29, 1.82) is 0 Å². The first-order chi connectivity index (χ1) is 12.6. The molecule has 26 heavy (non-hydrogen) atoms. The zero-order valence-electron chi connectivity index (χ0n) is 14.6. The number of allylic oxidation sites excluding steroid dienone is 3. The fourth-order valence-electron chi connectivity index (χ4n) is 3.88. The van der Waals surface area contributed by atoms with Gasteiger partial charge in [0.2, 0.25) is 0 Å². The second-order valence-corrected chi connectivity index (χ2v) is 8.50. The molecule has 4 nitrogen and oxygen atoms in total. The van der Waals surface area contributed by atoms with Crippen molar-refractivity contribution in [3.8, 4) is 0 Å². The van der Waals surface area contributed by atoms with E-state index < -0.39 is 0 Å². The Hall–Kier alpha value is -2.18. The first-order valence-corrected chi connectivity index (χ1v) is 10.2. The van der Waals surface area contributed by atoms with Crippen LogP contribution in [0.5, 0.6) is 0 Å². The van der Waals surface area contributed by atoms with E-state index in [1.165, 1.54) is 12.0 Å². The fourth-order valence-corrected chi connectivity index (χ4v) is 5.56. The highest BCUT2D eigenvalue weighted by molar-refractivity contribution is 7.10. The Balaban J connectivity index is 1.80. The molecule has 134 valence electrons. The molecule has 0 aromatic carbocycles. The summed E-state index contributed by atoms with van der Waals surface area (Å²) in [5.41, 5.74) is 2.99. The number of Topliss-reactive ketones (excluding diaryl/α,β-unsaturated/α-hetero) is 1. The summed E-state index contributed by atoms with van der Waals surface area (Å²) in [6.07, 6.45) is 1.27. The standard InChI is InChI=1S/C20H19NO3S2/c1-11-17(20(23)24-2)19(16-6-4-8-26-16)18-13(21-11)9-12(10-14(18)22)15-5-3-7-25-15/h3-8,12,19,21H,9-10H2,1-2H3/t12-,19+/m1/s1. The second kappa shape index (κ2) is 6.85. The molecular weight excluding hydrogens is 366 g/mol. The van der Waals surface area contributed by atoms with Crippen LogP contribution < -0.4 is 5.32 Å². The molecule has 4 rings (SSSR count). The van der Waals surface area contributed by atoms with Gasteiger partial charge in [0, 0.05) is 39.1 Å². The molecule has 2 aromatic heterocycles. The number of carbonyl (C=O) groups excluding carboxylic acids is 2. The maximum absolute atomic E-state index is 13.1. The highest BCUT2D eigenvalue weighted by Gasteiger charge is 2.41. The molecule has 1 N–H and O–H groups in total. The van der Waals surface area contributed by atoms with Crippen molar-refractivity contribution in [3.05, 3.63) is 67.3 Å². The molecule has 1 aliphatic heterocycles. The van der Waals surface area contributed by atoms with Crippen LogP contribution >= 0.6 is 22.7 Å². The minimum atomic E-state index is -0.381. The summed E-state index contributed by atoms with van der Waals surface area (Å²) < 4.78 is 5.02. The smallest absolute Gasteiger partial charge is 0.336 e.